The van der Waals surface area contributed by atoms with Crippen LogP contribution in [0.5, 0.6) is 0 Å². The van der Waals surface area contributed by atoms with Gasteiger partial charge in [-0.15, -0.1) is 11.8 Å². The summed E-state index contributed by atoms with van der Waals surface area (Å²) in [5.74, 6) is -1.11. The van der Waals surface area contributed by atoms with E-state index in [0.717, 1.165) is 6.26 Å². The Kier molecular flexibility index (Phi) is 9.75. The zero-order valence-corrected chi connectivity index (χ0v) is 19.2. The van der Waals surface area contributed by atoms with Gasteiger partial charge in [0.2, 0.25) is 15.9 Å². The molecule has 0 aliphatic carbocycles. The van der Waals surface area contributed by atoms with E-state index in [2.05, 4.69) is 5.32 Å². The van der Waals surface area contributed by atoms with E-state index in [9.17, 15) is 22.8 Å². The number of amides is 2. The summed E-state index contributed by atoms with van der Waals surface area (Å²) in [5.41, 5.74) is 0.270. The highest BCUT2D eigenvalue weighted by molar-refractivity contribution is 8.00. The minimum atomic E-state index is -3.29. The van der Waals surface area contributed by atoms with Crippen LogP contribution >= 0.6 is 11.8 Å². The third kappa shape index (κ3) is 8.13. The zero-order chi connectivity index (χ0) is 22.9. The van der Waals surface area contributed by atoms with Crippen LogP contribution in [-0.2, 0) is 29.1 Å². The fourth-order valence-corrected chi connectivity index (χ4v) is 4.51. The van der Waals surface area contributed by atoms with Crippen LogP contribution in [0.3, 0.4) is 0 Å². The average molecular weight is 474 g/mol. The van der Waals surface area contributed by atoms with Crippen LogP contribution in [-0.4, -0.2) is 100 Å². The number of nitrogens with one attached hydrogen (secondary N) is 1. The van der Waals surface area contributed by atoms with Crippen molar-refractivity contribution in [2.75, 3.05) is 65.1 Å². The van der Waals surface area contributed by atoms with Gasteiger partial charge in [0.1, 0.15) is 0 Å². The van der Waals surface area contributed by atoms with Gasteiger partial charge in [0.15, 0.2) is 6.61 Å². The SMILES string of the molecule is COCCNC(=O)CSc1ccccc1C(=O)OCC(=O)N1CCN(S(C)(=O)=O)CC1. The predicted octanol–water partition coefficient (Wildman–Crippen LogP) is -0.198. The molecule has 0 spiro atoms. The van der Waals surface area contributed by atoms with Crippen LogP contribution in [0.4, 0.5) is 0 Å². The second-order valence-electron chi connectivity index (χ2n) is 6.75. The maximum atomic E-state index is 12.5. The Bertz CT molecular complexity index is 884. The summed E-state index contributed by atoms with van der Waals surface area (Å²) in [6.07, 6.45) is 1.13. The molecule has 1 saturated heterocycles. The Labute approximate surface area is 186 Å². The number of carbonyl (C=O) groups is 3. The summed E-state index contributed by atoms with van der Waals surface area (Å²) >= 11 is 1.19. The summed E-state index contributed by atoms with van der Waals surface area (Å²) in [6.45, 7) is 1.29. The smallest absolute Gasteiger partial charge is 0.339 e. The monoisotopic (exact) mass is 473 g/mol. The molecule has 0 radical (unpaired) electrons. The molecule has 2 amide bonds. The van der Waals surface area contributed by atoms with Gasteiger partial charge in [-0.1, -0.05) is 12.1 Å². The molecule has 0 saturated carbocycles. The number of carbonyl (C=O) groups excluding carboxylic acids is 3. The summed E-state index contributed by atoms with van der Waals surface area (Å²) < 4.78 is 34.4. The lowest BCUT2D eigenvalue weighted by molar-refractivity contribution is -0.135. The highest BCUT2D eigenvalue weighted by atomic mass is 32.2. The largest absolute Gasteiger partial charge is 0.452 e. The van der Waals surface area contributed by atoms with Crippen molar-refractivity contribution in [1.82, 2.24) is 14.5 Å². The highest BCUT2D eigenvalue weighted by Crippen LogP contribution is 2.23. The van der Waals surface area contributed by atoms with Crippen LogP contribution in [0, 0.1) is 0 Å². The van der Waals surface area contributed by atoms with Crippen molar-refractivity contribution in [3.8, 4) is 0 Å². The number of benzene rings is 1. The number of piperazine rings is 1. The van der Waals surface area contributed by atoms with E-state index in [0.29, 0.717) is 18.0 Å². The molecule has 1 aromatic carbocycles. The minimum absolute atomic E-state index is 0.123. The van der Waals surface area contributed by atoms with Gasteiger partial charge in [0.25, 0.3) is 5.91 Å². The first-order chi connectivity index (χ1) is 14.7. The topological polar surface area (TPSA) is 122 Å². The van der Waals surface area contributed by atoms with Gasteiger partial charge in [-0.05, 0) is 12.1 Å². The third-order valence-corrected chi connectivity index (χ3v) is 6.86. The quantitative estimate of drug-likeness (QED) is 0.282. The normalized spacial score (nSPS) is 14.8. The first-order valence-electron chi connectivity index (χ1n) is 9.60. The number of sulfonamides is 1. The van der Waals surface area contributed by atoms with E-state index in [1.54, 1.807) is 31.4 Å². The van der Waals surface area contributed by atoms with E-state index < -0.39 is 22.6 Å². The maximum Gasteiger partial charge on any atom is 0.339 e. The standard InChI is InChI=1S/C19H27N3O7S2/c1-28-12-7-20-17(23)14-30-16-6-4-3-5-15(16)19(25)29-13-18(24)21-8-10-22(11-9-21)31(2,26)27/h3-6H,7-14H2,1-2H3,(H,20,23). The lowest BCUT2D eigenvalue weighted by Crippen LogP contribution is -2.51. The van der Waals surface area contributed by atoms with E-state index in [4.69, 9.17) is 9.47 Å². The van der Waals surface area contributed by atoms with Crippen LogP contribution in [0.25, 0.3) is 0 Å². The Morgan fingerprint density at radius 2 is 1.81 bits per heavy atom. The molecule has 0 aromatic heterocycles. The van der Waals surface area contributed by atoms with E-state index in [1.807, 2.05) is 0 Å². The van der Waals surface area contributed by atoms with Gasteiger partial charge in [-0.25, -0.2) is 13.2 Å². The molecule has 0 unspecified atom stereocenters. The van der Waals surface area contributed by atoms with Crippen molar-refractivity contribution in [3.63, 3.8) is 0 Å². The van der Waals surface area contributed by atoms with E-state index in [-0.39, 0.29) is 49.3 Å². The number of hydrogen-bond donors (Lipinski definition) is 1. The van der Waals surface area contributed by atoms with Crippen molar-refractivity contribution < 1.29 is 32.3 Å². The molecule has 1 fully saturated rings. The van der Waals surface area contributed by atoms with Crippen molar-refractivity contribution in [2.45, 2.75) is 4.90 Å². The summed E-state index contributed by atoms with van der Waals surface area (Å²) in [6, 6.07) is 6.69. The van der Waals surface area contributed by atoms with Crippen LogP contribution in [0.2, 0.25) is 0 Å². The predicted molar refractivity (Wildman–Crippen MR) is 115 cm³/mol. The molecule has 0 bridgehead atoms. The van der Waals surface area contributed by atoms with Crippen LogP contribution in [0.1, 0.15) is 10.4 Å². The molecule has 172 valence electrons. The van der Waals surface area contributed by atoms with E-state index in [1.165, 1.54) is 21.0 Å². The summed E-state index contributed by atoms with van der Waals surface area (Å²) in [7, 11) is -1.74. The maximum absolute atomic E-state index is 12.5. The molecule has 1 heterocycles. The highest BCUT2D eigenvalue weighted by Gasteiger charge is 2.26. The Balaban J connectivity index is 1.84. The number of methoxy groups -OCH3 is 1. The van der Waals surface area contributed by atoms with Gasteiger partial charge in [-0.2, -0.15) is 4.31 Å². The van der Waals surface area contributed by atoms with Crippen molar-refractivity contribution in [3.05, 3.63) is 29.8 Å². The van der Waals surface area contributed by atoms with Gasteiger partial charge in [-0.3, -0.25) is 9.59 Å². The molecule has 12 heteroatoms. The number of hydrogen-bond acceptors (Lipinski definition) is 8. The van der Waals surface area contributed by atoms with Gasteiger partial charge in [0.05, 0.1) is 24.2 Å². The van der Waals surface area contributed by atoms with Crippen LogP contribution < -0.4 is 5.32 Å². The fourth-order valence-electron chi connectivity index (χ4n) is 2.81. The molecular weight excluding hydrogens is 446 g/mol. The molecule has 31 heavy (non-hydrogen) atoms. The van der Waals surface area contributed by atoms with Crippen molar-refractivity contribution in [1.29, 1.82) is 0 Å². The van der Waals surface area contributed by atoms with Gasteiger partial charge >= 0.3 is 5.97 Å². The van der Waals surface area contributed by atoms with Crippen LogP contribution in [0.15, 0.2) is 29.2 Å². The van der Waals surface area contributed by atoms with Gasteiger partial charge in [0, 0.05) is 44.7 Å². The molecule has 1 aliphatic heterocycles. The lowest BCUT2D eigenvalue weighted by Gasteiger charge is -2.33. The fraction of sp³-hybridized carbons (Fsp3) is 0.526. The molecule has 1 N–H and O–H groups in total. The second-order valence-corrected chi connectivity index (χ2v) is 9.75. The molecule has 2 rings (SSSR count). The number of rotatable bonds is 10. The zero-order valence-electron chi connectivity index (χ0n) is 17.5. The summed E-state index contributed by atoms with van der Waals surface area (Å²) in [4.78, 5) is 38.7. The number of esters is 1. The lowest BCUT2D eigenvalue weighted by atomic mass is 10.2. The van der Waals surface area contributed by atoms with Gasteiger partial charge < -0.3 is 19.7 Å². The Morgan fingerprint density at radius 1 is 1.13 bits per heavy atom. The number of thioether (sulfide) groups is 1. The third-order valence-electron chi connectivity index (χ3n) is 4.48. The Hall–Kier alpha value is -2.15. The minimum Gasteiger partial charge on any atom is -0.452 e. The van der Waals surface area contributed by atoms with Crippen molar-refractivity contribution >= 4 is 39.6 Å². The molecule has 1 aliphatic rings. The molecule has 10 nitrogen and oxygen atoms in total. The molecule has 1 aromatic rings. The summed E-state index contributed by atoms with van der Waals surface area (Å²) in [5, 5.41) is 2.70. The molecule has 0 atom stereocenters. The van der Waals surface area contributed by atoms with E-state index >= 15 is 0 Å². The number of nitrogens with zero attached hydrogens (tertiary/aromatic N) is 2. The first kappa shape index (κ1) is 25.1. The Morgan fingerprint density at radius 3 is 2.45 bits per heavy atom. The van der Waals surface area contributed by atoms with Crippen molar-refractivity contribution in [2.24, 2.45) is 0 Å². The first-order valence-corrected chi connectivity index (χ1v) is 12.4. The molecular formula is C19H27N3O7S2. The average Bonchev–Trinajstić information content (AvgIpc) is 2.75. The second kappa shape index (κ2) is 12.0. The number of ether oxygens (including phenoxy) is 2.